The Balaban J connectivity index is 1.49. The Morgan fingerprint density at radius 1 is 0.970 bits per heavy atom. The summed E-state index contributed by atoms with van der Waals surface area (Å²) in [4.78, 5) is 14.8. The van der Waals surface area contributed by atoms with E-state index < -0.39 is 0 Å². The van der Waals surface area contributed by atoms with Crippen molar-refractivity contribution in [1.29, 1.82) is 0 Å². The molecule has 2 aliphatic rings. The van der Waals surface area contributed by atoms with Crippen LogP contribution in [0.4, 0.5) is 0 Å². The second-order valence-electron chi connectivity index (χ2n) is 8.71. The van der Waals surface area contributed by atoms with Crippen LogP contribution < -0.4 is 24.6 Å². The molecule has 0 N–H and O–H groups in total. The van der Waals surface area contributed by atoms with Gasteiger partial charge in [0.15, 0.2) is 11.5 Å². The number of rotatable bonds is 5. The van der Waals surface area contributed by atoms with E-state index in [0.29, 0.717) is 36.1 Å². The van der Waals surface area contributed by atoms with Crippen molar-refractivity contribution in [2.24, 2.45) is 0 Å². The summed E-state index contributed by atoms with van der Waals surface area (Å²) in [6.45, 7) is 3.81. The van der Waals surface area contributed by atoms with E-state index in [1.54, 1.807) is 21.3 Å². The van der Waals surface area contributed by atoms with Crippen molar-refractivity contribution >= 4 is 11.0 Å². The van der Waals surface area contributed by atoms with E-state index >= 15 is 0 Å². The van der Waals surface area contributed by atoms with Gasteiger partial charge in [0.2, 0.25) is 5.75 Å². The Labute approximate surface area is 192 Å². The minimum atomic E-state index is -0.194. The monoisotopic (exact) mass is 451 g/mol. The molecular formula is C26H29NO6. The highest BCUT2D eigenvalue weighted by atomic mass is 16.5. The minimum absolute atomic E-state index is 0.194. The Morgan fingerprint density at radius 2 is 1.67 bits per heavy atom. The number of hydrogen-bond donors (Lipinski definition) is 0. The minimum Gasteiger partial charge on any atom is -0.493 e. The molecule has 0 atom stereocenters. The molecule has 0 unspecified atom stereocenters. The van der Waals surface area contributed by atoms with Gasteiger partial charge in [0.1, 0.15) is 18.1 Å². The molecule has 0 spiro atoms. The van der Waals surface area contributed by atoms with Crippen molar-refractivity contribution in [1.82, 2.24) is 4.90 Å². The molecule has 33 heavy (non-hydrogen) atoms. The number of fused-ring (bicyclic) bond motifs is 4. The molecule has 3 aromatic rings. The van der Waals surface area contributed by atoms with Gasteiger partial charge in [-0.05, 0) is 61.9 Å². The van der Waals surface area contributed by atoms with Crippen LogP contribution in [0.1, 0.15) is 40.7 Å². The van der Waals surface area contributed by atoms with Gasteiger partial charge in [0.05, 0.1) is 21.3 Å². The number of benzene rings is 2. The highest BCUT2D eigenvalue weighted by Gasteiger charge is 2.26. The van der Waals surface area contributed by atoms with Gasteiger partial charge in [-0.2, -0.15) is 0 Å². The SMILES string of the molecule is COc1cc(CN2COc3c(cc4c5c(c(=O)oc4c3C)CCCC5)C2)cc(OC)c1OC. The summed E-state index contributed by atoms with van der Waals surface area (Å²) >= 11 is 0. The Hall–Kier alpha value is -3.19. The Kier molecular flexibility index (Phi) is 5.66. The van der Waals surface area contributed by atoms with E-state index in [1.165, 1.54) is 0 Å². The third-order valence-corrected chi connectivity index (χ3v) is 6.69. The molecule has 0 amide bonds. The van der Waals surface area contributed by atoms with Crippen LogP contribution in [0.5, 0.6) is 23.0 Å². The van der Waals surface area contributed by atoms with Crippen LogP contribution in [-0.4, -0.2) is 33.0 Å². The zero-order valence-electron chi connectivity index (χ0n) is 19.6. The lowest BCUT2D eigenvalue weighted by atomic mass is 9.89. The first-order valence-electron chi connectivity index (χ1n) is 11.3. The largest absolute Gasteiger partial charge is 0.493 e. The molecule has 1 aliphatic carbocycles. The quantitative estimate of drug-likeness (QED) is 0.534. The number of nitrogens with zero attached hydrogens (tertiary/aromatic N) is 1. The second kappa shape index (κ2) is 8.63. The van der Waals surface area contributed by atoms with E-state index in [2.05, 4.69) is 11.0 Å². The normalized spacial score (nSPS) is 15.5. The molecule has 5 rings (SSSR count). The van der Waals surface area contributed by atoms with E-state index in [1.807, 2.05) is 19.1 Å². The third kappa shape index (κ3) is 3.70. The summed E-state index contributed by atoms with van der Waals surface area (Å²) in [7, 11) is 4.84. The number of hydrogen-bond acceptors (Lipinski definition) is 7. The van der Waals surface area contributed by atoms with Crippen LogP contribution >= 0.6 is 0 Å². The summed E-state index contributed by atoms with van der Waals surface area (Å²) < 4.78 is 28.4. The molecule has 1 aliphatic heterocycles. The van der Waals surface area contributed by atoms with Crippen molar-refractivity contribution in [3.05, 3.63) is 56.4 Å². The maximum atomic E-state index is 12.6. The number of aryl methyl sites for hydroxylation is 2. The highest BCUT2D eigenvalue weighted by Crippen LogP contribution is 2.40. The van der Waals surface area contributed by atoms with Crippen LogP contribution in [0.25, 0.3) is 11.0 Å². The topological polar surface area (TPSA) is 70.4 Å². The Morgan fingerprint density at radius 3 is 2.33 bits per heavy atom. The standard InChI is InChI=1S/C26H29NO6/c1-15-23-17(11-20-18-7-5-6-8-19(18)26(28)33-24(15)20)13-27(14-32-23)12-16-9-21(29-2)25(31-4)22(10-16)30-3/h9-11H,5-8,12-14H2,1-4H3. The molecule has 0 bridgehead atoms. The van der Waals surface area contributed by atoms with Gasteiger partial charge in [0.25, 0.3) is 0 Å². The zero-order chi connectivity index (χ0) is 23.1. The number of methoxy groups -OCH3 is 3. The molecule has 174 valence electrons. The molecule has 0 saturated heterocycles. The van der Waals surface area contributed by atoms with Crippen LogP contribution in [0.15, 0.2) is 27.4 Å². The van der Waals surface area contributed by atoms with Crippen molar-refractivity contribution in [3.63, 3.8) is 0 Å². The lowest BCUT2D eigenvalue weighted by Gasteiger charge is -2.31. The summed E-state index contributed by atoms with van der Waals surface area (Å²) in [5, 5.41) is 1.05. The number of ether oxygens (including phenoxy) is 4. The average Bonchev–Trinajstić information content (AvgIpc) is 2.84. The van der Waals surface area contributed by atoms with Crippen molar-refractivity contribution in [2.45, 2.75) is 45.7 Å². The third-order valence-electron chi connectivity index (χ3n) is 6.69. The lowest BCUT2D eigenvalue weighted by molar-refractivity contribution is 0.0879. The molecule has 7 heteroatoms. The van der Waals surface area contributed by atoms with Crippen LogP contribution in [0.3, 0.4) is 0 Å². The lowest BCUT2D eigenvalue weighted by Crippen LogP contribution is -2.32. The smallest absolute Gasteiger partial charge is 0.339 e. The molecule has 0 fully saturated rings. The van der Waals surface area contributed by atoms with Gasteiger partial charge in [-0.15, -0.1) is 0 Å². The summed E-state index contributed by atoms with van der Waals surface area (Å²) in [6.07, 6.45) is 3.86. The fourth-order valence-corrected chi connectivity index (χ4v) is 5.14. The maximum Gasteiger partial charge on any atom is 0.339 e. The van der Waals surface area contributed by atoms with Crippen molar-refractivity contribution < 1.29 is 23.4 Å². The van der Waals surface area contributed by atoms with Crippen molar-refractivity contribution in [2.75, 3.05) is 28.1 Å². The molecule has 0 radical (unpaired) electrons. The molecule has 2 heterocycles. The Bertz CT molecular complexity index is 1250. The van der Waals surface area contributed by atoms with Gasteiger partial charge in [-0.3, -0.25) is 4.90 Å². The molecule has 0 saturated carbocycles. The van der Waals surface area contributed by atoms with Gasteiger partial charge in [-0.25, -0.2) is 4.79 Å². The van der Waals surface area contributed by atoms with Gasteiger partial charge in [-0.1, -0.05) is 0 Å². The molecule has 7 nitrogen and oxygen atoms in total. The highest BCUT2D eigenvalue weighted by molar-refractivity contribution is 5.87. The first-order valence-corrected chi connectivity index (χ1v) is 11.3. The molecule has 2 aromatic carbocycles. The first-order chi connectivity index (χ1) is 16.0. The van der Waals surface area contributed by atoms with Gasteiger partial charge in [0, 0.05) is 35.2 Å². The van der Waals surface area contributed by atoms with E-state index in [4.69, 9.17) is 23.4 Å². The predicted octanol–water partition coefficient (Wildman–Crippen LogP) is 4.36. The summed E-state index contributed by atoms with van der Waals surface area (Å²) in [6, 6.07) is 6.09. The van der Waals surface area contributed by atoms with E-state index in [0.717, 1.165) is 71.2 Å². The zero-order valence-corrected chi connectivity index (χ0v) is 19.6. The van der Waals surface area contributed by atoms with Crippen molar-refractivity contribution in [3.8, 4) is 23.0 Å². The average molecular weight is 452 g/mol. The van der Waals surface area contributed by atoms with Crippen LogP contribution in [-0.2, 0) is 25.9 Å². The fourth-order valence-electron chi connectivity index (χ4n) is 5.14. The fraction of sp³-hybridized carbons (Fsp3) is 0.423. The van der Waals surface area contributed by atoms with E-state index in [-0.39, 0.29) is 5.63 Å². The summed E-state index contributed by atoms with van der Waals surface area (Å²) in [5.74, 6) is 2.67. The van der Waals surface area contributed by atoms with Gasteiger partial charge >= 0.3 is 5.63 Å². The summed E-state index contributed by atoms with van der Waals surface area (Å²) in [5.41, 5.74) is 5.52. The first kappa shape index (κ1) is 21.6. The van der Waals surface area contributed by atoms with Gasteiger partial charge < -0.3 is 23.4 Å². The molecule has 1 aromatic heterocycles. The maximum absolute atomic E-state index is 12.6. The van der Waals surface area contributed by atoms with Crippen LogP contribution in [0.2, 0.25) is 0 Å². The van der Waals surface area contributed by atoms with E-state index in [9.17, 15) is 4.79 Å². The predicted molar refractivity (Wildman–Crippen MR) is 125 cm³/mol. The van der Waals surface area contributed by atoms with Crippen LogP contribution in [0, 0.1) is 6.92 Å². The molecular weight excluding hydrogens is 422 g/mol. The second-order valence-corrected chi connectivity index (χ2v) is 8.71.